The van der Waals surface area contributed by atoms with Gasteiger partial charge < -0.3 is 11.5 Å². The summed E-state index contributed by atoms with van der Waals surface area (Å²) < 4.78 is 0. The molecule has 0 amide bonds. The molecule has 88 valence electrons. The smallest absolute Gasteiger partial charge is 0.0378 e. The van der Waals surface area contributed by atoms with Crippen LogP contribution in [0.3, 0.4) is 0 Å². The number of anilines is 1. The lowest BCUT2D eigenvalue weighted by atomic mass is 9.96. The molecule has 1 unspecified atom stereocenters. The van der Waals surface area contributed by atoms with Crippen LogP contribution < -0.4 is 11.5 Å². The molecule has 1 aromatic carbocycles. The fourth-order valence-electron chi connectivity index (χ4n) is 1.96. The molecule has 0 radical (unpaired) electrons. The lowest BCUT2D eigenvalue weighted by Gasteiger charge is -2.15. The molecule has 0 saturated carbocycles. The zero-order chi connectivity index (χ0) is 12.3. The molecule has 0 fully saturated rings. The maximum atomic E-state index is 6.21. The summed E-state index contributed by atoms with van der Waals surface area (Å²) in [5.74, 6) is 0. The monoisotopic (exact) mass is 227 g/mol. The molecular weight excluding hydrogens is 210 g/mol. The van der Waals surface area contributed by atoms with E-state index >= 15 is 0 Å². The largest absolute Gasteiger partial charge is 0.398 e. The van der Waals surface area contributed by atoms with Gasteiger partial charge in [0.2, 0.25) is 0 Å². The first-order valence-electron chi connectivity index (χ1n) is 5.68. The van der Waals surface area contributed by atoms with E-state index < -0.39 is 0 Å². The normalized spacial score (nSPS) is 12.4. The van der Waals surface area contributed by atoms with Crippen molar-refractivity contribution in [1.82, 2.24) is 4.98 Å². The van der Waals surface area contributed by atoms with Crippen molar-refractivity contribution in [2.24, 2.45) is 5.73 Å². The highest BCUT2D eigenvalue weighted by Crippen LogP contribution is 2.21. The van der Waals surface area contributed by atoms with Gasteiger partial charge >= 0.3 is 0 Å². The summed E-state index contributed by atoms with van der Waals surface area (Å²) in [5, 5.41) is 0. The molecule has 0 saturated heterocycles. The quantitative estimate of drug-likeness (QED) is 0.845. The number of nitrogens with zero attached hydrogens (tertiary/aromatic N) is 1. The van der Waals surface area contributed by atoms with Gasteiger partial charge in [0, 0.05) is 24.1 Å². The zero-order valence-corrected chi connectivity index (χ0v) is 9.93. The third-order valence-corrected chi connectivity index (χ3v) is 2.97. The average molecular weight is 227 g/mol. The summed E-state index contributed by atoms with van der Waals surface area (Å²) in [6, 6.07) is 9.93. The molecule has 3 heteroatoms. The zero-order valence-electron chi connectivity index (χ0n) is 9.93. The summed E-state index contributed by atoms with van der Waals surface area (Å²) in [5.41, 5.74) is 16.2. The molecule has 1 aromatic heterocycles. The number of benzene rings is 1. The van der Waals surface area contributed by atoms with Crippen molar-refractivity contribution in [3.8, 4) is 0 Å². The predicted octanol–water partition coefficient (Wildman–Crippen LogP) is 2.21. The standard InChI is InChI=1S/C14H17N3/c1-10-4-2-3-5-12(10)14(16)8-11-9-17-7-6-13(11)15/h2-7,9,14H,8,16H2,1H3,(H2,15,17). The van der Waals surface area contributed by atoms with E-state index in [9.17, 15) is 0 Å². The number of pyridine rings is 1. The summed E-state index contributed by atoms with van der Waals surface area (Å²) in [7, 11) is 0. The van der Waals surface area contributed by atoms with Crippen molar-refractivity contribution in [3.05, 3.63) is 59.4 Å². The van der Waals surface area contributed by atoms with Crippen LogP contribution in [0.25, 0.3) is 0 Å². The highest BCUT2D eigenvalue weighted by atomic mass is 14.7. The Hall–Kier alpha value is -1.87. The second kappa shape index (κ2) is 4.97. The van der Waals surface area contributed by atoms with Crippen molar-refractivity contribution in [3.63, 3.8) is 0 Å². The number of hydrogen-bond acceptors (Lipinski definition) is 3. The van der Waals surface area contributed by atoms with E-state index in [1.807, 2.05) is 12.1 Å². The van der Waals surface area contributed by atoms with Crippen molar-refractivity contribution in [1.29, 1.82) is 0 Å². The molecule has 0 aliphatic rings. The lowest BCUT2D eigenvalue weighted by Crippen LogP contribution is -2.15. The third-order valence-electron chi connectivity index (χ3n) is 2.97. The van der Waals surface area contributed by atoms with Gasteiger partial charge in [0.15, 0.2) is 0 Å². The SMILES string of the molecule is Cc1ccccc1C(N)Cc1cnccc1N. The van der Waals surface area contributed by atoms with Gasteiger partial charge in [0.05, 0.1) is 0 Å². The summed E-state index contributed by atoms with van der Waals surface area (Å²) in [6.45, 7) is 2.07. The first-order chi connectivity index (χ1) is 8.18. The molecule has 2 rings (SSSR count). The molecule has 4 N–H and O–H groups in total. The fraction of sp³-hybridized carbons (Fsp3) is 0.214. The predicted molar refractivity (Wildman–Crippen MR) is 70.5 cm³/mol. The van der Waals surface area contributed by atoms with E-state index in [2.05, 4.69) is 24.0 Å². The van der Waals surface area contributed by atoms with Crippen LogP contribution in [0.15, 0.2) is 42.7 Å². The van der Waals surface area contributed by atoms with Gasteiger partial charge in [-0.05, 0) is 36.1 Å². The van der Waals surface area contributed by atoms with Crippen LogP contribution in [0.1, 0.15) is 22.7 Å². The third kappa shape index (κ3) is 2.63. The minimum atomic E-state index is -0.0392. The molecule has 0 aliphatic carbocycles. The van der Waals surface area contributed by atoms with Crippen molar-refractivity contribution in [2.75, 3.05) is 5.73 Å². The average Bonchev–Trinajstić information content (AvgIpc) is 2.32. The van der Waals surface area contributed by atoms with Gasteiger partial charge in [-0.15, -0.1) is 0 Å². The van der Waals surface area contributed by atoms with E-state index in [0.29, 0.717) is 6.42 Å². The van der Waals surface area contributed by atoms with Crippen LogP contribution in [0.2, 0.25) is 0 Å². The van der Waals surface area contributed by atoms with Crippen LogP contribution in [-0.4, -0.2) is 4.98 Å². The Kier molecular flexibility index (Phi) is 3.40. The lowest BCUT2D eigenvalue weighted by molar-refractivity contribution is 0.716. The molecular formula is C14H17N3. The molecule has 2 aromatic rings. The van der Waals surface area contributed by atoms with Crippen molar-refractivity contribution < 1.29 is 0 Å². The molecule has 0 bridgehead atoms. The number of nitrogens with two attached hydrogens (primary N) is 2. The van der Waals surface area contributed by atoms with E-state index in [1.54, 1.807) is 18.5 Å². The first kappa shape index (κ1) is 11.6. The number of aryl methyl sites for hydroxylation is 1. The van der Waals surface area contributed by atoms with E-state index in [4.69, 9.17) is 11.5 Å². The van der Waals surface area contributed by atoms with Gasteiger partial charge in [0.1, 0.15) is 0 Å². The Morgan fingerprint density at radius 2 is 2.00 bits per heavy atom. The fourth-order valence-corrected chi connectivity index (χ4v) is 1.96. The van der Waals surface area contributed by atoms with Crippen LogP contribution in [0.5, 0.6) is 0 Å². The van der Waals surface area contributed by atoms with Gasteiger partial charge in [-0.1, -0.05) is 24.3 Å². The van der Waals surface area contributed by atoms with E-state index in [0.717, 1.165) is 16.8 Å². The second-order valence-corrected chi connectivity index (χ2v) is 4.24. The van der Waals surface area contributed by atoms with Crippen molar-refractivity contribution in [2.45, 2.75) is 19.4 Å². The topological polar surface area (TPSA) is 64.9 Å². The van der Waals surface area contributed by atoms with Crippen molar-refractivity contribution >= 4 is 5.69 Å². The number of aromatic nitrogens is 1. The van der Waals surface area contributed by atoms with Crippen LogP contribution in [0, 0.1) is 6.92 Å². The van der Waals surface area contributed by atoms with Crippen LogP contribution >= 0.6 is 0 Å². The molecule has 1 atom stereocenters. The molecule has 3 nitrogen and oxygen atoms in total. The van der Waals surface area contributed by atoms with Gasteiger partial charge in [-0.3, -0.25) is 4.98 Å². The summed E-state index contributed by atoms with van der Waals surface area (Å²) in [4.78, 5) is 4.08. The maximum absolute atomic E-state index is 6.21. The first-order valence-corrected chi connectivity index (χ1v) is 5.68. The number of nitrogen functional groups attached to an aromatic ring is 1. The minimum absolute atomic E-state index is 0.0392. The Labute approximate surface area is 101 Å². The van der Waals surface area contributed by atoms with Gasteiger partial charge in [-0.2, -0.15) is 0 Å². The second-order valence-electron chi connectivity index (χ2n) is 4.24. The van der Waals surface area contributed by atoms with E-state index in [1.165, 1.54) is 5.56 Å². The number of rotatable bonds is 3. The summed E-state index contributed by atoms with van der Waals surface area (Å²) in [6.07, 6.45) is 4.19. The Bertz CT molecular complexity index is 508. The molecule has 17 heavy (non-hydrogen) atoms. The number of hydrogen-bond donors (Lipinski definition) is 2. The maximum Gasteiger partial charge on any atom is 0.0378 e. The Morgan fingerprint density at radius 1 is 1.24 bits per heavy atom. The highest BCUT2D eigenvalue weighted by Gasteiger charge is 2.10. The Morgan fingerprint density at radius 3 is 2.71 bits per heavy atom. The Balaban J connectivity index is 2.20. The summed E-state index contributed by atoms with van der Waals surface area (Å²) >= 11 is 0. The molecule has 0 spiro atoms. The highest BCUT2D eigenvalue weighted by molar-refractivity contribution is 5.45. The van der Waals surface area contributed by atoms with Gasteiger partial charge in [0.25, 0.3) is 0 Å². The van der Waals surface area contributed by atoms with Crippen LogP contribution in [-0.2, 0) is 6.42 Å². The minimum Gasteiger partial charge on any atom is -0.398 e. The van der Waals surface area contributed by atoms with E-state index in [-0.39, 0.29) is 6.04 Å². The van der Waals surface area contributed by atoms with Crippen LogP contribution in [0.4, 0.5) is 5.69 Å². The molecule has 1 heterocycles. The van der Waals surface area contributed by atoms with Gasteiger partial charge in [-0.25, -0.2) is 0 Å². The molecule has 0 aliphatic heterocycles.